The minimum Gasteiger partial charge on any atom is -0.460 e. The molecule has 6 heteroatoms. The number of hydrogen-bond acceptors (Lipinski definition) is 4. The number of carbonyl (C=O) groups excluding carboxylic acids is 1. The quantitative estimate of drug-likeness (QED) is 0.169. The molecule has 168 valence electrons. The monoisotopic (exact) mass is 561 g/mol. The second-order valence-electron chi connectivity index (χ2n) is 8.22. The van der Waals surface area contributed by atoms with Crippen LogP contribution in [0.25, 0.3) is 11.1 Å². The molecule has 1 unspecified atom stereocenters. The Kier molecular flexibility index (Phi) is 9.67. The zero-order valence-corrected chi connectivity index (χ0v) is 21.3. The van der Waals surface area contributed by atoms with Crippen molar-refractivity contribution in [1.29, 1.82) is 0 Å². The van der Waals surface area contributed by atoms with Crippen molar-refractivity contribution < 1.29 is 14.1 Å². The van der Waals surface area contributed by atoms with Crippen molar-refractivity contribution in [3.63, 3.8) is 0 Å². The molecule has 3 atom stereocenters. The fraction of sp³-hybridized carbons (Fsp3) is 0.269. The van der Waals surface area contributed by atoms with Crippen molar-refractivity contribution in [2.24, 2.45) is 11.1 Å². The Morgan fingerprint density at radius 3 is 2.16 bits per heavy atom. The number of nitrogens with two attached hydrogens (primary N) is 1. The maximum Gasteiger partial charge on any atom is 0.314 e. The standard InChI is InChI=1S/C26H29INO3P/c1-26(19-31-32-27,25(29)30-18-21-8-4-2-5-9-21)17-24(28)16-20-12-14-23(15-13-20)22-10-6-3-7-11-22/h2-15,24,32H,16-19,28H2,1H3/t24-,26+/m1/s1. The third-order valence-corrected chi connectivity index (χ3v) is 6.61. The van der Waals surface area contributed by atoms with Gasteiger partial charge in [0.15, 0.2) is 0 Å². The maximum atomic E-state index is 13.0. The lowest BCUT2D eigenvalue weighted by atomic mass is 9.83. The summed E-state index contributed by atoms with van der Waals surface area (Å²) in [5.74, 6) is -0.272. The molecule has 3 aromatic carbocycles. The summed E-state index contributed by atoms with van der Waals surface area (Å²) in [7, 11) is 0. The molecule has 0 saturated heterocycles. The number of halogens is 1. The highest BCUT2D eigenvalue weighted by Crippen LogP contribution is 2.32. The largest absolute Gasteiger partial charge is 0.460 e. The van der Waals surface area contributed by atoms with Gasteiger partial charge < -0.3 is 15.0 Å². The maximum absolute atomic E-state index is 13.0. The van der Waals surface area contributed by atoms with Crippen molar-refractivity contribution in [2.75, 3.05) is 6.61 Å². The van der Waals surface area contributed by atoms with Crippen molar-refractivity contribution >= 4 is 34.5 Å². The smallest absolute Gasteiger partial charge is 0.314 e. The third-order valence-electron chi connectivity index (χ3n) is 5.42. The van der Waals surface area contributed by atoms with E-state index >= 15 is 0 Å². The molecule has 3 rings (SSSR count). The number of rotatable bonds is 11. The highest BCUT2D eigenvalue weighted by atomic mass is 127. The predicted molar refractivity (Wildman–Crippen MR) is 141 cm³/mol. The highest BCUT2D eigenvalue weighted by molar-refractivity contribution is 14.2. The zero-order valence-electron chi connectivity index (χ0n) is 18.2. The van der Waals surface area contributed by atoms with E-state index in [2.05, 4.69) is 58.4 Å². The average molecular weight is 561 g/mol. The number of esters is 1. The van der Waals surface area contributed by atoms with E-state index in [0.717, 1.165) is 11.1 Å². The van der Waals surface area contributed by atoms with Crippen LogP contribution in [0.4, 0.5) is 0 Å². The van der Waals surface area contributed by atoms with Gasteiger partial charge >= 0.3 is 5.97 Å². The summed E-state index contributed by atoms with van der Waals surface area (Å²) in [5.41, 5.74) is 10.2. The molecular formula is C26H29INO3P. The van der Waals surface area contributed by atoms with E-state index < -0.39 is 5.41 Å². The molecule has 0 aliphatic rings. The Balaban J connectivity index is 1.61. The number of hydrogen-bond donors (Lipinski definition) is 1. The van der Waals surface area contributed by atoms with Crippen LogP contribution >= 0.6 is 28.5 Å². The van der Waals surface area contributed by atoms with E-state index in [0.29, 0.717) is 19.4 Å². The van der Waals surface area contributed by atoms with Gasteiger partial charge in [-0.15, -0.1) is 0 Å². The first-order valence-electron chi connectivity index (χ1n) is 10.6. The van der Waals surface area contributed by atoms with E-state index in [-0.39, 0.29) is 25.1 Å². The van der Waals surface area contributed by atoms with Gasteiger partial charge in [0.2, 0.25) is 0 Å². The van der Waals surface area contributed by atoms with Gasteiger partial charge in [0.1, 0.15) is 6.61 Å². The topological polar surface area (TPSA) is 61.5 Å². The lowest BCUT2D eigenvalue weighted by Gasteiger charge is -2.29. The number of benzene rings is 3. The Morgan fingerprint density at radius 1 is 0.938 bits per heavy atom. The SMILES string of the molecule is C[C@@](COPI)(C[C@H](N)Cc1ccc(-c2ccccc2)cc1)C(=O)OCc1ccccc1. The molecule has 0 bridgehead atoms. The first-order valence-corrected chi connectivity index (χ1v) is 14.6. The molecule has 2 N–H and O–H groups in total. The third kappa shape index (κ3) is 7.38. The van der Waals surface area contributed by atoms with Crippen LogP contribution in [0.15, 0.2) is 84.9 Å². The zero-order chi connectivity index (χ0) is 22.8. The van der Waals surface area contributed by atoms with Crippen LogP contribution in [0.3, 0.4) is 0 Å². The Morgan fingerprint density at radius 2 is 1.53 bits per heavy atom. The van der Waals surface area contributed by atoms with Crippen molar-refractivity contribution in [3.8, 4) is 11.1 Å². The van der Waals surface area contributed by atoms with Crippen LogP contribution in [0, 0.1) is 5.41 Å². The molecule has 0 aliphatic heterocycles. The number of carbonyl (C=O) groups is 1. The second-order valence-corrected chi connectivity index (χ2v) is 9.98. The fourth-order valence-electron chi connectivity index (χ4n) is 3.70. The van der Waals surface area contributed by atoms with Crippen LogP contribution in [0.5, 0.6) is 0 Å². The van der Waals surface area contributed by atoms with Crippen LogP contribution in [0.2, 0.25) is 0 Å². The van der Waals surface area contributed by atoms with Gasteiger partial charge in [-0.25, -0.2) is 0 Å². The Labute approximate surface area is 205 Å². The molecule has 32 heavy (non-hydrogen) atoms. The van der Waals surface area contributed by atoms with Crippen molar-refractivity contribution in [1.82, 2.24) is 0 Å². The molecule has 0 amide bonds. The van der Waals surface area contributed by atoms with E-state index in [9.17, 15) is 4.79 Å². The van der Waals surface area contributed by atoms with E-state index in [1.807, 2.05) is 55.5 Å². The average Bonchev–Trinajstić information content (AvgIpc) is 2.83. The lowest BCUT2D eigenvalue weighted by molar-refractivity contribution is -0.158. The van der Waals surface area contributed by atoms with Gasteiger partial charge in [0.05, 0.1) is 18.5 Å². The lowest BCUT2D eigenvalue weighted by Crippen LogP contribution is -2.40. The van der Waals surface area contributed by atoms with Crippen molar-refractivity contribution in [2.45, 2.75) is 32.4 Å². The van der Waals surface area contributed by atoms with Gasteiger partial charge in [-0.1, -0.05) is 84.9 Å². The second kappa shape index (κ2) is 12.4. The van der Waals surface area contributed by atoms with Crippen LogP contribution in [-0.2, 0) is 27.1 Å². The van der Waals surface area contributed by atoms with E-state index in [1.54, 1.807) is 0 Å². The molecule has 0 fully saturated rings. The first-order chi connectivity index (χ1) is 15.5. The predicted octanol–water partition coefficient (Wildman–Crippen LogP) is 6.32. The minimum absolute atomic E-state index is 0.187. The Bertz CT molecular complexity index is 969. The first kappa shape index (κ1) is 24.8. The molecule has 0 spiro atoms. The van der Waals surface area contributed by atoms with Crippen LogP contribution < -0.4 is 5.73 Å². The summed E-state index contributed by atoms with van der Waals surface area (Å²) >= 11 is 2.16. The van der Waals surface area contributed by atoms with Gasteiger partial charge in [-0.2, -0.15) is 0 Å². The molecule has 0 saturated carbocycles. The van der Waals surface area contributed by atoms with E-state index in [1.165, 1.54) is 11.1 Å². The minimum atomic E-state index is -0.795. The molecular weight excluding hydrogens is 532 g/mol. The van der Waals surface area contributed by atoms with Gasteiger partial charge in [-0.3, -0.25) is 4.79 Å². The van der Waals surface area contributed by atoms with E-state index in [4.69, 9.17) is 15.0 Å². The highest BCUT2D eigenvalue weighted by Gasteiger charge is 2.37. The summed E-state index contributed by atoms with van der Waals surface area (Å²) in [6.07, 6.45) is 1.17. The Hall–Kier alpha value is -1.79. The summed E-state index contributed by atoms with van der Waals surface area (Å²) in [4.78, 5) is 13.0. The summed E-state index contributed by atoms with van der Waals surface area (Å²) in [6, 6.07) is 28.2. The normalized spacial score (nSPS) is 14.2. The molecule has 0 radical (unpaired) electrons. The molecule has 0 aliphatic carbocycles. The van der Waals surface area contributed by atoms with Gasteiger partial charge in [0, 0.05) is 6.04 Å². The van der Waals surface area contributed by atoms with Gasteiger partial charge in [0.25, 0.3) is 0 Å². The van der Waals surface area contributed by atoms with Crippen LogP contribution in [-0.4, -0.2) is 18.6 Å². The molecule has 3 aromatic rings. The molecule has 0 heterocycles. The van der Waals surface area contributed by atoms with Crippen LogP contribution in [0.1, 0.15) is 24.5 Å². The summed E-state index contributed by atoms with van der Waals surface area (Å²) in [6.45, 7) is 2.70. The molecule has 4 nitrogen and oxygen atoms in total. The number of ether oxygens (including phenoxy) is 1. The fourth-order valence-corrected chi connectivity index (χ4v) is 4.54. The van der Waals surface area contributed by atoms with Gasteiger partial charge in [-0.05, 0) is 64.1 Å². The molecule has 0 aromatic heterocycles. The summed E-state index contributed by atoms with van der Waals surface area (Å²) in [5, 5.41) is 0. The van der Waals surface area contributed by atoms with Crippen molar-refractivity contribution in [3.05, 3.63) is 96.1 Å². The summed E-state index contributed by atoms with van der Waals surface area (Å²) < 4.78 is 11.3.